The molecule has 2 aromatic heterocycles. The van der Waals surface area contributed by atoms with Crippen LogP contribution in [0, 0.1) is 11.3 Å². The number of halogens is 1. The normalized spacial score (nSPS) is 18.1. The average Bonchev–Trinajstić information content (AvgIpc) is 2.69. The van der Waals surface area contributed by atoms with Crippen LogP contribution in [0.5, 0.6) is 0 Å². The van der Waals surface area contributed by atoms with Crippen LogP contribution in [0.1, 0.15) is 18.4 Å². The van der Waals surface area contributed by atoms with Crippen LogP contribution in [0.3, 0.4) is 0 Å². The van der Waals surface area contributed by atoms with E-state index in [9.17, 15) is 10.1 Å². The van der Waals surface area contributed by atoms with E-state index >= 15 is 0 Å². The molecule has 4 rings (SSSR count). The molecule has 0 aliphatic heterocycles. The topological polar surface area (TPSA) is 92.0 Å². The van der Waals surface area contributed by atoms with Crippen molar-refractivity contribution in [2.75, 3.05) is 17.7 Å². The number of hydrogen-bond donors (Lipinski definition) is 2. The fourth-order valence-corrected chi connectivity index (χ4v) is 3.86. The van der Waals surface area contributed by atoms with Gasteiger partial charge in [-0.05, 0) is 25.0 Å². The van der Waals surface area contributed by atoms with Crippen molar-refractivity contribution in [1.82, 2.24) is 9.55 Å². The molecule has 29 heavy (non-hydrogen) atoms. The summed E-state index contributed by atoms with van der Waals surface area (Å²) in [6, 6.07) is 11.3. The maximum Gasteiger partial charge on any atom is 0.252 e. The Labute approximate surface area is 172 Å². The molecule has 3 aromatic rings. The molecule has 0 spiro atoms. The second-order valence-electron chi connectivity index (χ2n) is 7.02. The maximum absolute atomic E-state index is 12.7. The molecule has 0 saturated heterocycles. The number of nitriles is 1. The molecule has 0 unspecified atom stereocenters. The lowest BCUT2D eigenvalue weighted by atomic mass is 9.88. The first kappa shape index (κ1) is 19.2. The summed E-state index contributed by atoms with van der Waals surface area (Å²) in [4.78, 5) is 16.6. The highest BCUT2D eigenvalue weighted by Crippen LogP contribution is 2.34. The number of benzene rings is 1. The van der Waals surface area contributed by atoms with Gasteiger partial charge in [0.05, 0.1) is 29.0 Å². The van der Waals surface area contributed by atoms with Gasteiger partial charge in [0.25, 0.3) is 5.56 Å². The van der Waals surface area contributed by atoms with Crippen LogP contribution in [0.15, 0.2) is 41.3 Å². The van der Waals surface area contributed by atoms with E-state index in [0.29, 0.717) is 11.4 Å². The van der Waals surface area contributed by atoms with Gasteiger partial charge in [-0.15, -0.1) is 0 Å². The van der Waals surface area contributed by atoms with E-state index in [2.05, 4.69) is 21.7 Å². The molecule has 2 N–H and O–H groups in total. The lowest BCUT2D eigenvalue weighted by Gasteiger charge is -2.36. The standard InChI is InChI=1S/C21H20ClN5O2/c1-27-19(28)10-17(26-15-6-7-18(15)29-2)12-4-3-5-16(20(12)27)25-14-8-9-24-21(22)13(14)11-23/h3-5,8-10,15,18,26H,6-7H2,1-2H3,(H,24,25)/t15-,18+/m1/s1. The quantitative estimate of drug-likeness (QED) is 0.623. The zero-order chi connectivity index (χ0) is 20.5. The summed E-state index contributed by atoms with van der Waals surface area (Å²) in [5.41, 5.74) is 2.85. The summed E-state index contributed by atoms with van der Waals surface area (Å²) in [5, 5.41) is 17.2. The van der Waals surface area contributed by atoms with Crippen molar-refractivity contribution in [1.29, 1.82) is 5.26 Å². The van der Waals surface area contributed by atoms with Gasteiger partial charge in [0.1, 0.15) is 16.8 Å². The molecule has 148 valence electrons. The minimum atomic E-state index is -0.129. The zero-order valence-electron chi connectivity index (χ0n) is 16.1. The number of aromatic nitrogens is 2. The Morgan fingerprint density at radius 1 is 1.28 bits per heavy atom. The Morgan fingerprint density at radius 2 is 2.10 bits per heavy atom. The van der Waals surface area contributed by atoms with Gasteiger partial charge < -0.3 is 19.9 Å². The number of nitrogens with one attached hydrogen (secondary N) is 2. The summed E-state index contributed by atoms with van der Waals surface area (Å²) in [7, 11) is 3.43. The number of para-hydroxylation sites is 1. The molecule has 1 fully saturated rings. The van der Waals surface area contributed by atoms with Crippen molar-refractivity contribution < 1.29 is 4.74 Å². The summed E-state index contributed by atoms with van der Waals surface area (Å²) in [6.07, 6.45) is 3.68. The van der Waals surface area contributed by atoms with E-state index in [-0.39, 0.29) is 28.4 Å². The molecule has 2 heterocycles. The molecule has 0 amide bonds. The van der Waals surface area contributed by atoms with Crippen molar-refractivity contribution in [3.8, 4) is 6.07 Å². The predicted octanol–water partition coefficient (Wildman–Crippen LogP) is 3.79. The molecule has 1 saturated carbocycles. The Hall–Kier alpha value is -3.08. The Morgan fingerprint density at radius 3 is 2.79 bits per heavy atom. The van der Waals surface area contributed by atoms with Crippen molar-refractivity contribution in [3.63, 3.8) is 0 Å². The maximum atomic E-state index is 12.7. The first-order chi connectivity index (χ1) is 14.0. The van der Waals surface area contributed by atoms with Gasteiger partial charge in [-0.25, -0.2) is 4.98 Å². The van der Waals surface area contributed by atoms with Crippen molar-refractivity contribution >= 4 is 39.6 Å². The van der Waals surface area contributed by atoms with Crippen LogP contribution in [0.2, 0.25) is 5.15 Å². The van der Waals surface area contributed by atoms with Gasteiger partial charge in [0, 0.05) is 37.5 Å². The van der Waals surface area contributed by atoms with E-state index in [1.807, 2.05) is 18.2 Å². The Kier molecular flexibility index (Phi) is 5.14. The molecule has 0 bridgehead atoms. The summed E-state index contributed by atoms with van der Waals surface area (Å²) in [6.45, 7) is 0. The number of rotatable bonds is 5. The summed E-state index contributed by atoms with van der Waals surface area (Å²) in [5.74, 6) is 0. The first-order valence-corrected chi connectivity index (χ1v) is 9.65. The minimum absolute atomic E-state index is 0.129. The van der Waals surface area contributed by atoms with Gasteiger partial charge in [-0.3, -0.25) is 4.79 Å². The largest absolute Gasteiger partial charge is 0.379 e. The number of ether oxygens (including phenoxy) is 1. The molecule has 1 aromatic carbocycles. The SMILES string of the molecule is CO[C@H]1CC[C@H]1Nc1cc(=O)n(C)c2c(Nc3ccnc(Cl)c3C#N)cccc12. The van der Waals surface area contributed by atoms with Crippen LogP contribution >= 0.6 is 11.6 Å². The van der Waals surface area contributed by atoms with Crippen molar-refractivity contribution in [3.05, 3.63) is 57.6 Å². The third kappa shape index (κ3) is 3.41. The minimum Gasteiger partial charge on any atom is -0.379 e. The van der Waals surface area contributed by atoms with Crippen molar-refractivity contribution in [2.24, 2.45) is 7.05 Å². The third-order valence-corrected chi connectivity index (χ3v) is 5.69. The van der Waals surface area contributed by atoms with Gasteiger partial charge in [-0.1, -0.05) is 23.7 Å². The van der Waals surface area contributed by atoms with Crippen LogP contribution in [0.25, 0.3) is 10.9 Å². The van der Waals surface area contributed by atoms with Crippen molar-refractivity contribution in [2.45, 2.75) is 25.0 Å². The van der Waals surface area contributed by atoms with Gasteiger partial charge in [0.2, 0.25) is 0 Å². The van der Waals surface area contributed by atoms with E-state index in [1.54, 1.807) is 30.9 Å². The lowest BCUT2D eigenvalue weighted by molar-refractivity contribution is 0.0287. The number of hydrogen-bond acceptors (Lipinski definition) is 6. The Balaban J connectivity index is 1.82. The predicted molar refractivity (Wildman–Crippen MR) is 114 cm³/mol. The summed E-state index contributed by atoms with van der Waals surface area (Å²) < 4.78 is 7.06. The molecule has 1 aliphatic carbocycles. The highest BCUT2D eigenvalue weighted by molar-refractivity contribution is 6.31. The number of anilines is 3. The molecule has 8 heteroatoms. The van der Waals surface area contributed by atoms with E-state index < -0.39 is 0 Å². The van der Waals surface area contributed by atoms with Gasteiger partial charge >= 0.3 is 0 Å². The van der Waals surface area contributed by atoms with Crippen LogP contribution in [0.4, 0.5) is 17.1 Å². The number of fused-ring (bicyclic) bond motifs is 1. The van der Waals surface area contributed by atoms with Crippen LogP contribution < -0.4 is 16.2 Å². The number of nitrogens with zero attached hydrogens (tertiary/aromatic N) is 3. The first-order valence-electron chi connectivity index (χ1n) is 9.27. The fourth-order valence-electron chi connectivity index (χ4n) is 3.66. The van der Waals surface area contributed by atoms with Crippen LogP contribution in [-0.4, -0.2) is 28.8 Å². The third-order valence-electron chi connectivity index (χ3n) is 5.40. The molecular formula is C21H20ClN5O2. The molecule has 7 nitrogen and oxygen atoms in total. The smallest absolute Gasteiger partial charge is 0.252 e. The molecular weight excluding hydrogens is 390 g/mol. The lowest BCUT2D eigenvalue weighted by Crippen LogP contribution is -2.44. The van der Waals surface area contributed by atoms with E-state index in [1.165, 1.54) is 6.20 Å². The second kappa shape index (κ2) is 7.74. The molecule has 0 radical (unpaired) electrons. The highest BCUT2D eigenvalue weighted by atomic mass is 35.5. The fraction of sp³-hybridized carbons (Fsp3) is 0.286. The van der Waals surface area contributed by atoms with Gasteiger partial charge in [0.15, 0.2) is 0 Å². The monoisotopic (exact) mass is 409 g/mol. The molecule has 1 aliphatic rings. The number of methoxy groups -OCH3 is 1. The number of aryl methyl sites for hydroxylation is 1. The zero-order valence-corrected chi connectivity index (χ0v) is 16.8. The average molecular weight is 410 g/mol. The van der Waals surface area contributed by atoms with Gasteiger partial charge in [-0.2, -0.15) is 5.26 Å². The number of pyridine rings is 2. The van der Waals surface area contributed by atoms with E-state index in [4.69, 9.17) is 16.3 Å². The highest BCUT2D eigenvalue weighted by Gasteiger charge is 2.31. The Bertz CT molecular complexity index is 1180. The molecule has 2 atom stereocenters. The summed E-state index contributed by atoms with van der Waals surface area (Å²) >= 11 is 6.05. The van der Waals surface area contributed by atoms with Crippen LogP contribution in [-0.2, 0) is 11.8 Å². The van der Waals surface area contributed by atoms with E-state index in [0.717, 1.165) is 29.4 Å². The second-order valence-corrected chi connectivity index (χ2v) is 7.38.